The SMILES string of the molecule is CSC(=O)[C@@]1(OC(C)=O)[C@H](C)C[C@H]2[C@@H]3C[C@H](F)C4=CC(=O)C=C[C@]4(C)[C@@]3(F)[C@@H](OC(C)=O)C[C@@]21C. The Morgan fingerprint density at radius 1 is 1.11 bits per heavy atom. The van der Waals surface area contributed by atoms with E-state index in [2.05, 4.69) is 0 Å². The monoisotopic (exact) mass is 510 g/mol. The number of rotatable bonds is 3. The summed E-state index contributed by atoms with van der Waals surface area (Å²) >= 11 is 0.933. The van der Waals surface area contributed by atoms with Crippen LogP contribution in [0.1, 0.15) is 53.9 Å². The molecule has 0 aromatic heterocycles. The first-order valence-electron chi connectivity index (χ1n) is 11.9. The van der Waals surface area contributed by atoms with E-state index in [1.54, 1.807) is 27.0 Å². The fraction of sp³-hybridized carbons (Fsp3) is 0.692. The van der Waals surface area contributed by atoms with Gasteiger partial charge >= 0.3 is 11.9 Å². The van der Waals surface area contributed by atoms with Crippen LogP contribution in [0.5, 0.6) is 0 Å². The Morgan fingerprint density at radius 2 is 1.77 bits per heavy atom. The Kier molecular flexibility index (Phi) is 6.14. The van der Waals surface area contributed by atoms with Gasteiger partial charge in [0.2, 0.25) is 5.12 Å². The predicted molar refractivity (Wildman–Crippen MR) is 126 cm³/mol. The molecular formula is C26H32F2O6S. The Labute approximate surface area is 208 Å². The van der Waals surface area contributed by atoms with Gasteiger partial charge in [-0.05, 0) is 56.1 Å². The fourth-order valence-electron chi connectivity index (χ4n) is 7.89. The molecule has 9 heteroatoms. The highest BCUT2D eigenvalue weighted by Crippen LogP contribution is 2.72. The number of carbonyl (C=O) groups excluding carboxylic acids is 4. The number of hydrogen-bond donors (Lipinski definition) is 0. The van der Waals surface area contributed by atoms with E-state index < -0.39 is 69.9 Å². The van der Waals surface area contributed by atoms with Crippen LogP contribution in [-0.4, -0.2) is 52.6 Å². The molecule has 0 heterocycles. The summed E-state index contributed by atoms with van der Waals surface area (Å²) in [5.41, 5.74) is -6.40. The summed E-state index contributed by atoms with van der Waals surface area (Å²) in [5, 5.41) is -0.360. The lowest BCUT2D eigenvalue weighted by Gasteiger charge is -2.63. The van der Waals surface area contributed by atoms with Crippen LogP contribution in [0.4, 0.5) is 8.78 Å². The fourth-order valence-corrected chi connectivity index (χ4v) is 8.67. The number of ether oxygens (including phenoxy) is 2. The zero-order chi connectivity index (χ0) is 26.1. The Hall–Kier alpha value is -2.03. The van der Waals surface area contributed by atoms with Crippen LogP contribution in [0, 0.1) is 28.6 Å². The number of esters is 2. The van der Waals surface area contributed by atoms with E-state index in [-0.39, 0.29) is 23.5 Å². The average molecular weight is 511 g/mol. The highest BCUT2D eigenvalue weighted by atomic mass is 32.2. The first-order chi connectivity index (χ1) is 16.2. The molecule has 35 heavy (non-hydrogen) atoms. The van der Waals surface area contributed by atoms with Gasteiger partial charge in [-0.3, -0.25) is 19.2 Å². The van der Waals surface area contributed by atoms with Crippen LogP contribution in [0.2, 0.25) is 0 Å². The molecule has 0 radical (unpaired) electrons. The molecular weight excluding hydrogens is 478 g/mol. The highest BCUT2D eigenvalue weighted by molar-refractivity contribution is 8.13. The van der Waals surface area contributed by atoms with Gasteiger partial charge in [-0.2, -0.15) is 0 Å². The second-order valence-corrected chi connectivity index (χ2v) is 11.7. The topological polar surface area (TPSA) is 86.7 Å². The lowest BCUT2D eigenvalue weighted by molar-refractivity contribution is -0.236. The van der Waals surface area contributed by atoms with E-state index in [1.807, 2.05) is 0 Å². The van der Waals surface area contributed by atoms with Gasteiger partial charge in [-0.15, -0.1) is 0 Å². The molecule has 9 atom stereocenters. The maximum absolute atomic E-state index is 17.8. The van der Waals surface area contributed by atoms with Crippen molar-refractivity contribution in [1.82, 2.24) is 0 Å². The number of halogens is 2. The Balaban J connectivity index is 1.95. The number of hydrogen-bond acceptors (Lipinski definition) is 7. The maximum atomic E-state index is 17.8. The minimum atomic E-state index is -2.23. The smallest absolute Gasteiger partial charge is 0.303 e. The second-order valence-electron chi connectivity index (χ2n) is 10.9. The van der Waals surface area contributed by atoms with Crippen molar-refractivity contribution >= 4 is 34.6 Å². The summed E-state index contributed by atoms with van der Waals surface area (Å²) in [6.07, 6.45) is 2.47. The zero-order valence-electron chi connectivity index (χ0n) is 20.9. The molecule has 3 fully saturated rings. The van der Waals surface area contributed by atoms with E-state index >= 15 is 8.78 Å². The van der Waals surface area contributed by atoms with E-state index in [1.165, 1.54) is 26.0 Å². The van der Waals surface area contributed by atoms with Crippen molar-refractivity contribution in [2.45, 2.75) is 77.4 Å². The summed E-state index contributed by atoms with van der Waals surface area (Å²) in [6.45, 7) is 7.52. The van der Waals surface area contributed by atoms with Crippen LogP contribution >= 0.6 is 11.8 Å². The summed E-state index contributed by atoms with van der Waals surface area (Å²) in [7, 11) is 0. The van der Waals surface area contributed by atoms with Gasteiger partial charge in [0.15, 0.2) is 17.1 Å². The van der Waals surface area contributed by atoms with Gasteiger partial charge in [0, 0.05) is 36.5 Å². The molecule has 6 nitrogen and oxygen atoms in total. The van der Waals surface area contributed by atoms with Gasteiger partial charge in [0.25, 0.3) is 0 Å². The van der Waals surface area contributed by atoms with Crippen LogP contribution in [-0.2, 0) is 28.7 Å². The molecule has 3 saturated carbocycles. The molecule has 4 aliphatic rings. The molecule has 0 spiro atoms. The number of allylic oxidation sites excluding steroid dienone is 4. The molecule has 0 N–H and O–H groups in total. The van der Waals surface area contributed by atoms with Crippen LogP contribution in [0.15, 0.2) is 23.8 Å². The number of fused-ring (bicyclic) bond motifs is 5. The third-order valence-electron chi connectivity index (χ3n) is 9.25. The van der Waals surface area contributed by atoms with Crippen molar-refractivity contribution < 1.29 is 37.4 Å². The molecule has 0 amide bonds. The van der Waals surface area contributed by atoms with Gasteiger partial charge in [-0.25, -0.2) is 8.78 Å². The summed E-state index contributed by atoms with van der Waals surface area (Å²) in [5.74, 6) is -3.71. The third kappa shape index (κ3) is 3.25. The molecule has 0 aromatic carbocycles. The second kappa shape index (κ2) is 8.25. The van der Waals surface area contributed by atoms with Crippen LogP contribution in [0.25, 0.3) is 0 Å². The first kappa shape index (κ1) is 26.0. The van der Waals surface area contributed by atoms with Crippen molar-refractivity contribution in [3.05, 3.63) is 23.8 Å². The van der Waals surface area contributed by atoms with Gasteiger partial charge in [0.1, 0.15) is 12.3 Å². The molecule has 4 rings (SSSR count). The summed E-state index contributed by atoms with van der Waals surface area (Å²) in [4.78, 5) is 50.0. The minimum absolute atomic E-state index is 0.0435. The van der Waals surface area contributed by atoms with Crippen molar-refractivity contribution in [3.63, 3.8) is 0 Å². The quantitative estimate of drug-likeness (QED) is 0.523. The van der Waals surface area contributed by atoms with E-state index in [4.69, 9.17) is 9.47 Å². The summed E-state index contributed by atoms with van der Waals surface area (Å²) < 4.78 is 44.9. The molecule has 0 aliphatic heterocycles. The molecule has 0 unspecified atom stereocenters. The Morgan fingerprint density at radius 3 is 2.34 bits per heavy atom. The third-order valence-corrected chi connectivity index (χ3v) is 9.92. The standard InChI is InChI=1S/C26H32F2O6S/c1-13-9-17-18-11-20(27)19-10-16(31)7-8-23(19,4)25(18,28)21(33-14(2)29)12-24(17,5)26(13,22(32)35-6)34-15(3)30/h7-8,10,13,17-18,20-21H,9,11-12H2,1-6H3/t13-,17+,18+,20+,21+,23+,24+,25+,26+/m1/s1. The number of ketones is 1. The van der Waals surface area contributed by atoms with Crippen molar-refractivity contribution in [3.8, 4) is 0 Å². The van der Waals surface area contributed by atoms with Gasteiger partial charge in [0.05, 0.1) is 0 Å². The molecule has 0 aromatic rings. The van der Waals surface area contributed by atoms with E-state index in [0.717, 1.165) is 17.8 Å². The van der Waals surface area contributed by atoms with Crippen molar-refractivity contribution in [2.24, 2.45) is 28.6 Å². The lowest BCUT2D eigenvalue weighted by atomic mass is 9.44. The summed E-state index contributed by atoms with van der Waals surface area (Å²) in [6, 6.07) is 0. The zero-order valence-corrected chi connectivity index (χ0v) is 21.7. The molecule has 0 saturated heterocycles. The number of alkyl halides is 2. The van der Waals surface area contributed by atoms with Crippen molar-refractivity contribution in [1.29, 1.82) is 0 Å². The number of thioether (sulfide) groups is 1. The van der Waals surface area contributed by atoms with E-state index in [9.17, 15) is 19.2 Å². The van der Waals surface area contributed by atoms with Gasteiger partial charge < -0.3 is 9.47 Å². The minimum Gasteiger partial charge on any atom is -0.459 e. The first-order valence-corrected chi connectivity index (χ1v) is 13.1. The normalized spacial score (nSPS) is 46.1. The van der Waals surface area contributed by atoms with Crippen LogP contribution < -0.4 is 0 Å². The van der Waals surface area contributed by atoms with Crippen molar-refractivity contribution in [2.75, 3.05) is 6.26 Å². The predicted octanol–water partition coefficient (Wildman–Crippen LogP) is 4.31. The maximum Gasteiger partial charge on any atom is 0.303 e. The average Bonchev–Trinajstić information content (AvgIpc) is 2.98. The Bertz CT molecular complexity index is 1060. The molecule has 0 bridgehead atoms. The highest BCUT2D eigenvalue weighted by Gasteiger charge is 2.78. The van der Waals surface area contributed by atoms with E-state index in [0.29, 0.717) is 6.42 Å². The van der Waals surface area contributed by atoms with Gasteiger partial charge in [-0.1, -0.05) is 31.7 Å². The number of carbonyl (C=O) groups is 4. The lowest BCUT2D eigenvalue weighted by Crippen LogP contribution is -2.71. The van der Waals surface area contributed by atoms with Crippen LogP contribution in [0.3, 0.4) is 0 Å². The largest absolute Gasteiger partial charge is 0.459 e. The molecule has 4 aliphatic carbocycles. The molecule has 192 valence electrons.